The molecule has 2 aromatic carbocycles. The molecule has 0 aliphatic carbocycles. The van der Waals surface area contributed by atoms with Gasteiger partial charge in [-0.3, -0.25) is 19.3 Å². The molecule has 3 heterocycles. The van der Waals surface area contributed by atoms with E-state index in [0.717, 1.165) is 11.7 Å². The standard InChI is InChI=1S/C23H20N6O4S2/c30-22(28-12-14-29(15-13-28)23(31)19-4-1-2-11-24-19)16-7-9-17(10-8-16)27-35(32,33)20-6-3-5-18-21(20)26-34-25-18/h1-11,27H,12-15H2. The molecule has 1 aliphatic heterocycles. The molecular formula is C23H20N6O4S2. The van der Waals surface area contributed by atoms with Gasteiger partial charge in [0.15, 0.2) is 0 Å². The fourth-order valence-electron chi connectivity index (χ4n) is 3.84. The SMILES string of the molecule is O=C(c1ccc(NS(=O)(=O)c2cccc3nsnc23)cc1)N1CCN(C(=O)c2ccccn2)CC1. The molecule has 12 heteroatoms. The Bertz CT molecular complexity index is 1480. The van der Waals surface area contributed by atoms with Gasteiger partial charge in [-0.1, -0.05) is 12.1 Å². The molecule has 2 aromatic heterocycles. The lowest BCUT2D eigenvalue weighted by molar-refractivity contribution is 0.0532. The Morgan fingerprint density at radius 3 is 2.23 bits per heavy atom. The number of rotatable bonds is 5. The van der Waals surface area contributed by atoms with Crippen molar-refractivity contribution in [3.63, 3.8) is 0 Å². The highest BCUT2D eigenvalue weighted by atomic mass is 32.2. The Kier molecular flexibility index (Phi) is 6.14. The molecule has 1 saturated heterocycles. The van der Waals surface area contributed by atoms with Gasteiger partial charge in [0.1, 0.15) is 21.6 Å². The molecule has 1 aliphatic rings. The number of carbonyl (C=O) groups excluding carboxylic acids is 2. The number of amides is 2. The molecule has 1 fully saturated rings. The number of hydrogen-bond donors (Lipinski definition) is 1. The van der Waals surface area contributed by atoms with Crippen molar-refractivity contribution < 1.29 is 18.0 Å². The van der Waals surface area contributed by atoms with Gasteiger partial charge in [0.05, 0.1) is 11.7 Å². The Hall–Kier alpha value is -3.90. The van der Waals surface area contributed by atoms with Crippen LogP contribution in [0, 0.1) is 0 Å². The minimum atomic E-state index is -3.88. The Morgan fingerprint density at radius 2 is 1.54 bits per heavy atom. The third kappa shape index (κ3) is 4.70. The summed E-state index contributed by atoms with van der Waals surface area (Å²) >= 11 is 0.949. The third-order valence-corrected chi connectivity index (χ3v) is 7.62. The first-order valence-electron chi connectivity index (χ1n) is 10.8. The van der Waals surface area contributed by atoms with Crippen LogP contribution >= 0.6 is 11.7 Å². The van der Waals surface area contributed by atoms with Crippen LogP contribution in [0.5, 0.6) is 0 Å². The predicted molar refractivity (Wildman–Crippen MR) is 131 cm³/mol. The first kappa shape index (κ1) is 22.9. The van der Waals surface area contributed by atoms with Crippen molar-refractivity contribution in [3.05, 3.63) is 78.1 Å². The summed E-state index contributed by atoms with van der Waals surface area (Å²) in [6.45, 7) is 1.63. The number of pyridine rings is 1. The molecule has 0 atom stereocenters. The maximum atomic E-state index is 12.9. The van der Waals surface area contributed by atoms with Crippen molar-refractivity contribution in [2.45, 2.75) is 4.90 Å². The highest BCUT2D eigenvalue weighted by Gasteiger charge is 2.26. The molecule has 0 bridgehead atoms. The van der Waals surface area contributed by atoms with E-state index in [1.807, 2.05) is 0 Å². The lowest BCUT2D eigenvalue weighted by Crippen LogP contribution is -2.50. The molecule has 5 rings (SSSR count). The van der Waals surface area contributed by atoms with Crippen LogP contribution in [0.1, 0.15) is 20.8 Å². The van der Waals surface area contributed by atoms with Crippen LogP contribution in [0.4, 0.5) is 5.69 Å². The molecule has 2 amide bonds. The summed E-state index contributed by atoms with van der Waals surface area (Å²) in [6, 6.07) is 16.2. The Balaban J connectivity index is 1.23. The Morgan fingerprint density at radius 1 is 0.829 bits per heavy atom. The van der Waals surface area contributed by atoms with Gasteiger partial charge in [0.2, 0.25) is 0 Å². The van der Waals surface area contributed by atoms with E-state index in [-0.39, 0.29) is 16.7 Å². The quantitative estimate of drug-likeness (QED) is 0.439. The molecule has 35 heavy (non-hydrogen) atoms. The first-order chi connectivity index (χ1) is 16.9. The largest absolute Gasteiger partial charge is 0.335 e. The number of anilines is 1. The van der Waals surface area contributed by atoms with Crippen molar-refractivity contribution in [2.24, 2.45) is 0 Å². The van der Waals surface area contributed by atoms with Gasteiger partial charge in [0.25, 0.3) is 21.8 Å². The second-order valence-corrected chi connectivity index (χ2v) is 10.0. The van der Waals surface area contributed by atoms with E-state index >= 15 is 0 Å². The minimum absolute atomic E-state index is 0.0435. The van der Waals surface area contributed by atoms with E-state index in [1.165, 1.54) is 6.07 Å². The van der Waals surface area contributed by atoms with Crippen molar-refractivity contribution >= 4 is 50.3 Å². The predicted octanol–water partition coefficient (Wildman–Crippen LogP) is 2.49. The molecule has 178 valence electrons. The van der Waals surface area contributed by atoms with E-state index in [4.69, 9.17) is 0 Å². The average Bonchev–Trinajstić information content (AvgIpc) is 3.38. The fourth-order valence-corrected chi connectivity index (χ4v) is 5.66. The number of sulfonamides is 1. The lowest BCUT2D eigenvalue weighted by atomic mass is 10.1. The molecule has 1 N–H and O–H groups in total. The number of hydrogen-bond acceptors (Lipinski definition) is 8. The fraction of sp³-hybridized carbons (Fsp3) is 0.174. The van der Waals surface area contributed by atoms with Crippen LogP contribution in [0.3, 0.4) is 0 Å². The molecule has 0 radical (unpaired) electrons. The van der Waals surface area contributed by atoms with Crippen LogP contribution < -0.4 is 4.72 Å². The third-order valence-electron chi connectivity index (χ3n) is 5.66. The number of carbonyl (C=O) groups is 2. The van der Waals surface area contributed by atoms with Crippen LogP contribution in [0.15, 0.2) is 71.8 Å². The van der Waals surface area contributed by atoms with Gasteiger partial charge in [-0.05, 0) is 48.5 Å². The number of nitrogens with one attached hydrogen (secondary N) is 1. The summed E-state index contributed by atoms with van der Waals surface area (Å²) < 4.78 is 36.5. The van der Waals surface area contributed by atoms with E-state index < -0.39 is 10.0 Å². The van der Waals surface area contributed by atoms with Gasteiger partial charge in [-0.2, -0.15) is 8.75 Å². The van der Waals surface area contributed by atoms with E-state index in [2.05, 4.69) is 18.5 Å². The van der Waals surface area contributed by atoms with Gasteiger partial charge < -0.3 is 9.80 Å². The van der Waals surface area contributed by atoms with Crippen LogP contribution in [0.25, 0.3) is 11.0 Å². The number of aromatic nitrogens is 3. The number of nitrogens with zero attached hydrogens (tertiary/aromatic N) is 5. The summed E-state index contributed by atoms with van der Waals surface area (Å²) in [6.07, 6.45) is 1.58. The maximum Gasteiger partial charge on any atom is 0.272 e. The Labute approximate surface area is 205 Å². The van der Waals surface area contributed by atoms with Crippen molar-refractivity contribution in [3.8, 4) is 0 Å². The number of piperazine rings is 1. The summed E-state index contributed by atoms with van der Waals surface area (Å²) in [5.41, 5.74) is 1.97. The summed E-state index contributed by atoms with van der Waals surface area (Å²) in [4.78, 5) is 33.0. The molecular weight excluding hydrogens is 488 g/mol. The molecule has 0 saturated carbocycles. The zero-order chi connectivity index (χ0) is 24.4. The molecule has 10 nitrogen and oxygen atoms in total. The van der Waals surface area contributed by atoms with Gasteiger partial charge in [-0.25, -0.2) is 8.42 Å². The van der Waals surface area contributed by atoms with Gasteiger partial charge >= 0.3 is 0 Å². The lowest BCUT2D eigenvalue weighted by Gasteiger charge is -2.34. The van der Waals surface area contributed by atoms with Crippen molar-refractivity contribution in [1.82, 2.24) is 23.5 Å². The number of fused-ring (bicyclic) bond motifs is 1. The second kappa shape index (κ2) is 9.39. The first-order valence-corrected chi connectivity index (χ1v) is 13.0. The summed E-state index contributed by atoms with van der Waals surface area (Å²) in [5, 5.41) is 0. The van der Waals surface area contributed by atoms with E-state index in [9.17, 15) is 18.0 Å². The van der Waals surface area contributed by atoms with Crippen LogP contribution in [0.2, 0.25) is 0 Å². The zero-order valence-corrected chi connectivity index (χ0v) is 20.0. The average molecular weight is 509 g/mol. The van der Waals surface area contributed by atoms with Crippen LogP contribution in [-0.2, 0) is 10.0 Å². The second-order valence-electron chi connectivity index (χ2n) is 7.87. The molecule has 0 spiro atoms. The van der Waals surface area contributed by atoms with Crippen molar-refractivity contribution in [2.75, 3.05) is 30.9 Å². The number of benzene rings is 2. The molecule has 4 aromatic rings. The zero-order valence-electron chi connectivity index (χ0n) is 18.4. The smallest absolute Gasteiger partial charge is 0.272 e. The minimum Gasteiger partial charge on any atom is -0.335 e. The van der Waals surface area contributed by atoms with Gasteiger partial charge in [-0.15, -0.1) is 0 Å². The summed E-state index contributed by atoms with van der Waals surface area (Å²) in [5.74, 6) is -0.332. The van der Waals surface area contributed by atoms with E-state index in [1.54, 1.807) is 70.6 Å². The highest BCUT2D eigenvalue weighted by Crippen LogP contribution is 2.24. The van der Waals surface area contributed by atoms with E-state index in [0.29, 0.717) is 54.2 Å². The normalized spacial score (nSPS) is 14.2. The monoisotopic (exact) mass is 508 g/mol. The maximum absolute atomic E-state index is 12.9. The van der Waals surface area contributed by atoms with Crippen molar-refractivity contribution in [1.29, 1.82) is 0 Å². The topological polar surface area (TPSA) is 125 Å². The van der Waals surface area contributed by atoms with Crippen LogP contribution in [-0.4, -0.2) is 69.9 Å². The van der Waals surface area contributed by atoms with Gasteiger partial charge in [0, 0.05) is 43.6 Å². The highest BCUT2D eigenvalue weighted by molar-refractivity contribution is 7.93. The molecule has 0 unspecified atom stereocenters. The summed E-state index contributed by atoms with van der Waals surface area (Å²) in [7, 11) is -3.88.